The van der Waals surface area contributed by atoms with Crippen molar-refractivity contribution >= 4 is 27.4 Å². The van der Waals surface area contributed by atoms with Crippen molar-refractivity contribution in [3.05, 3.63) is 52.7 Å². The number of nitrogens with zero attached hydrogens (tertiary/aromatic N) is 3. The lowest BCUT2D eigenvalue weighted by Gasteiger charge is -2.37. The first-order valence-corrected chi connectivity index (χ1v) is 10.2. The maximum absolute atomic E-state index is 11.2. The Morgan fingerprint density at radius 1 is 1.15 bits per heavy atom. The van der Waals surface area contributed by atoms with Gasteiger partial charge in [0.15, 0.2) is 0 Å². The Kier molecular flexibility index (Phi) is 5.12. The minimum absolute atomic E-state index is 0.534. The molecule has 0 bridgehead atoms. The summed E-state index contributed by atoms with van der Waals surface area (Å²) in [7, 11) is 0. The third-order valence-corrected chi connectivity index (χ3v) is 6.12. The molecule has 3 aromatic rings. The van der Waals surface area contributed by atoms with Crippen LogP contribution in [0, 0.1) is 13.8 Å². The van der Waals surface area contributed by atoms with Crippen LogP contribution in [-0.4, -0.2) is 40.4 Å². The molecule has 4 rings (SSSR count). The van der Waals surface area contributed by atoms with E-state index in [0.29, 0.717) is 39.1 Å². The van der Waals surface area contributed by atoms with Crippen molar-refractivity contribution in [2.24, 2.45) is 0 Å². The second kappa shape index (κ2) is 7.54. The average molecular weight is 384 g/mol. The lowest BCUT2D eigenvalue weighted by atomic mass is 9.93. The molecule has 0 saturated carbocycles. The molecule has 0 aliphatic carbocycles. The summed E-state index contributed by atoms with van der Waals surface area (Å²) >= 11 is 1.65. The molecule has 0 spiro atoms. The quantitative estimate of drug-likeness (QED) is 0.725. The fourth-order valence-corrected chi connectivity index (χ4v) is 4.63. The molecule has 0 atom stereocenters. The van der Waals surface area contributed by atoms with Crippen LogP contribution in [0.4, 0.5) is 5.82 Å². The third-order valence-electron chi connectivity index (χ3n) is 5.13. The van der Waals surface area contributed by atoms with Gasteiger partial charge in [-0.3, -0.25) is 0 Å². The van der Waals surface area contributed by atoms with E-state index in [9.17, 15) is 5.11 Å². The van der Waals surface area contributed by atoms with Gasteiger partial charge in [-0.1, -0.05) is 30.3 Å². The van der Waals surface area contributed by atoms with E-state index in [1.165, 1.54) is 11.1 Å². The van der Waals surface area contributed by atoms with Crippen LogP contribution < -0.4 is 4.90 Å². The first-order valence-electron chi connectivity index (χ1n) is 9.35. The Morgan fingerprint density at radius 3 is 2.63 bits per heavy atom. The maximum atomic E-state index is 11.2. The molecule has 1 aliphatic heterocycles. The standard InChI is InChI=1S/C21H25N3O2S/c1-15-13-27-20-18(15)19(22-16(2)23-20)24(12-17-6-4-3-5-7-17)14-21(25)8-10-26-11-9-21/h3-7,13,25H,8-12,14H2,1-2H3. The van der Waals surface area contributed by atoms with Gasteiger partial charge in [0.1, 0.15) is 16.5 Å². The van der Waals surface area contributed by atoms with Gasteiger partial charge in [-0.25, -0.2) is 9.97 Å². The molecular weight excluding hydrogens is 358 g/mol. The number of benzene rings is 1. The molecule has 1 aliphatic rings. The number of aryl methyl sites for hydroxylation is 2. The van der Waals surface area contributed by atoms with Gasteiger partial charge in [0.2, 0.25) is 0 Å². The highest BCUT2D eigenvalue weighted by Gasteiger charge is 2.33. The smallest absolute Gasteiger partial charge is 0.141 e. The molecule has 6 heteroatoms. The lowest BCUT2D eigenvalue weighted by molar-refractivity contribution is -0.0580. The molecule has 1 aromatic carbocycles. The van der Waals surface area contributed by atoms with E-state index < -0.39 is 5.60 Å². The zero-order chi connectivity index (χ0) is 18.9. The van der Waals surface area contributed by atoms with Crippen molar-refractivity contribution in [1.82, 2.24) is 9.97 Å². The highest BCUT2D eigenvalue weighted by atomic mass is 32.1. The summed E-state index contributed by atoms with van der Waals surface area (Å²) < 4.78 is 5.46. The molecule has 2 aromatic heterocycles. The van der Waals surface area contributed by atoms with Gasteiger partial charge in [0.05, 0.1) is 11.0 Å². The van der Waals surface area contributed by atoms with Crippen LogP contribution >= 0.6 is 11.3 Å². The van der Waals surface area contributed by atoms with E-state index in [0.717, 1.165) is 21.9 Å². The van der Waals surface area contributed by atoms with Crippen molar-refractivity contribution in [1.29, 1.82) is 0 Å². The summed E-state index contributed by atoms with van der Waals surface area (Å²) in [5.74, 6) is 1.68. The minimum Gasteiger partial charge on any atom is -0.388 e. The van der Waals surface area contributed by atoms with E-state index in [4.69, 9.17) is 9.72 Å². The molecule has 0 amide bonds. The Balaban J connectivity index is 1.76. The number of ether oxygens (including phenoxy) is 1. The van der Waals surface area contributed by atoms with Gasteiger partial charge >= 0.3 is 0 Å². The number of anilines is 1. The van der Waals surface area contributed by atoms with E-state index in [-0.39, 0.29) is 0 Å². The molecule has 5 nitrogen and oxygen atoms in total. The molecule has 1 N–H and O–H groups in total. The summed E-state index contributed by atoms with van der Waals surface area (Å²) in [5.41, 5.74) is 1.62. The Hall–Kier alpha value is -2.02. The average Bonchev–Trinajstić information content (AvgIpc) is 3.02. The second-order valence-corrected chi connectivity index (χ2v) is 8.23. The number of hydrogen-bond acceptors (Lipinski definition) is 6. The summed E-state index contributed by atoms with van der Waals surface area (Å²) in [6, 6.07) is 10.4. The predicted molar refractivity (Wildman–Crippen MR) is 109 cm³/mol. The minimum atomic E-state index is -0.762. The number of rotatable bonds is 5. The van der Waals surface area contributed by atoms with Crippen LogP contribution in [0.2, 0.25) is 0 Å². The zero-order valence-corrected chi connectivity index (χ0v) is 16.6. The third kappa shape index (κ3) is 3.98. The number of aromatic nitrogens is 2. The van der Waals surface area contributed by atoms with Gasteiger partial charge in [0.25, 0.3) is 0 Å². The molecule has 27 heavy (non-hydrogen) atoms. The number of fused-ring (bicyclic) bond motifs is 1. The largest absolute Gasteiger partial charge is 0.388 e. The van der Waals surface area contributed by atoms with Crippen molar-refractivity contribution in [3.63, 3.8) is 0 Å². The predicted octanol–water partition coefficient (Wildman–Crippen LogP) is 3.86. The highest BCUT2D eigenvalue weighted by molar-refractivity contribution is 7.17. The fraction of sp³-hybridized carbons (Fsp3) is 0.429. The van der Waals surface area contributed by atoms with Crippen LogP contribution in [0.15, 0.2) is 35.7 Å². The van der Waals surface area contributed by atoms with Gasteiger partial charge in [-0.05, 0) is 30.4 Å². The van der Waals surface area contributed by atoms with Crippen molar-refractivity contribution in [3.8, 4) is 0 Å². The fourth-order valence-electron chi connectivity index (χ4n) is 3.67. The van der Waals surface area contributed by atoms with Gasteiger partial charge in [-0.15, -0.1) is 11.3 Å². The summed E-state index contributed by atoms with van der Waals surface area (Å²) in [5, 5.41) is 14.4. The Morgan fingerprint density at radius 2 is 1.89 bits per heavy atom. The van der Waals surface area contributed by atoms with Crippen molar-refractivity contribution in [2.45, 2.75) is 38.8 Å². The molecule has 1 saturated heterocycles. The summed E-state index contributed by atoms with van der Waals surface area (Å²) in [6.07, 6.45) is 1.29. The van der Waals surface area contributed by atoms with Gasteiger partial charge in [-0.2, -0.15) is 0 Å². The van der Waals surface area contributed by atoms with Crippen LogP contribution in [-0.2, 0) is 11.3 Å². The number of aliphatic hydroxyl groups is 1. The van der Waals surface area contributed by atoms with Gasteiger partial charge in [0, 0.05) is 39.1 Å². The first kappa shape index (κ1) is 18.3. The SMILES string of the molecule is Cc1nc(N(Cc2ccccc2)CC2(O)CCOCC2)c2c(C)csc2n1. The highest BCUT2D eigenvalue weighted by Crippen LogP contribution is 2.34. The monoisotopic (exact) mass is 383 g/mol. The zero-order valence-electron chi connectivity index (χ0n) is 15.8. The van der Waals surface area contributed by atoms with Crippen molar-refractivity contribution < 1.29 is 9.84 Å². The topological polar surface area (TPSA) is 58.5 Å². The molecule has 0 unspecified atom stereocenters. The summed E-state index contributed by atoms with van der Waals surface area (Å²) in [6.45, 7) is 6.47. The maximum Gasteiger partial charge on any atom is 0.141 e. The van der Waals surface area contributed by atoms with E-state index in [1.54, 1.807) is 11.3 Å². The van der Waals surface area contributed by atoms with Crippen LogP contribution in [0.3, 0.4) is 0 Å². The Labute approximate surface area is 163 Å². The number of thiophene rings is 1. The number of hydrogen-bond donors (Lipinski definition) is 1. The normalized spacial score (nSPS) is 16.6. The van der Waals surface area contributed by atoms with Crippen LogP contribution in [0.25, 0.3) is 10.2 Å². The van der Waals surface area contributed by atoms with E-state index >= 15 is 0 Å². The van der Waals surface area contributed by atoms with Gasteiger partial charge < -0.3 is 14.7 Å². The summed E-state index contributed by atoms with van der Waals surface area (Å²) in [4.78, 5) is 12.6. The van der Waals surface area contributed by atoms with Crippen LogP contribution in [0.1, 0.15) is 29.8 Å². The second-order valence-electron chi connectivity index (χ2n) is 7.37. The molecule has 0 radical (unpaired) electrons. The van der Waals surface area contributed by atoms with E-state index in [1.807, 2.05) is 25.1 Å². The molecule has 3 heterocycles. The first-order chi connectivity index (χ1) is 13.0. The van der Waals surface area contributed by atoms with Crippen LogP contribution in [0.5, 0.6) is 0 Å². The Bertz CT molecular complexity index is 920. The molecule has 142 valence electrons. The molecular formula is C21H25N3O2S. The van der Waals surface area contributed by atoms with Crippen molar-refractivity contribution in [2.75, 3.05) is 24.7 Å². The lowest BCUT2D eigenvalue weighted by Crippen LogP contribution is -2.47. The van der Waals surface area contributed by atoms with E-state index in [2.05, 4.69) is 34.3 Å². The molecule has 1 fully saturated rings.